The number of nitrogens with two attached hydrogens (primary N) is 1. The summed E-state index contributed by atoms with van der Waals surface area (Å²) in [4.78, 5) is 11.5. The largest absolute Gasteiger partial charge is 0.382 e. The zero-order valence-electron chi connectivity index (χ0n) is 10.7. The molecule has 0 bridgehead atoms. The summed E-state index contributed by atoms with van der Waals surface area (Å²) in [6.07, 6.45) is 3.52. The van der Waals surface area contributed by atoms with E-state index in [0.717, 1.165) is 18.6 Å². The Morgan fingerprint density at radius 2 is 2.18 bits per heavy atom. The summed E-state index contributed by atoms with van der Waals surface area (Å²) in [7, 11) is 1.64. The molecule has 0 radical (unpaired) electrons. The normalized spacial score (nSPS) is 12.4. The number of amides is 1. The Morgan fingerprint density at radius 1 is 1.41 bits per heavy atom. The van der Waals surface area contributed by atoms with Crippen molar-refractivity contribution in [2.75, 3.05) is 45.5 Å². The molecule has 0 aromatic carbocycles. The third-order valence-electron chi connectivity index (χ3n) is 2.17. The van der Waals surface area contributed by atoms with E-state index >= 15 is 0 Å². The van der Waals surface area contributed by atoms with Crippen LogP contribution in [0.4, 0.5) is 0 Å². The summed E-state index contributed by atoms with van der Waals surface area (Å²) in [6.45, 7) is 2.44. The summed E-state index contributed by atoms with van der Waals surface area (Å²) >= 11 is 1.70. The molecule has 0 aliphatic rings. The summed E-state index contributed by atoms with van der Waals surface area (Å²) < 4.78 is 10.1. The van der Waals surface area contributed by atoms with Gasteiger partial charge in [-0.05, 0) is 24.9 Å². The van der Waals surface area contributed by atoms with Crippen LogP contribution in [0.25, 0.3) is 0 Å². The molecule has 0 spiro atoms. The number of methoxy groups -OCH3 is 1. The van der Waals surface area contributed by atoms with Gasteiger partial charge in [0.2, 0.25) is 5.91 Å². The molecule has 1 atom stereocenters. The third-order valence-corrected chi connectivity index (χ3v) is 2.81. The van der Waals surface area contributed by atoms with Crippen molar-refractivity contribution in [3.05, 3.63) is 0 Å². The molecule has 0 unspecified atom stereocenters. The van der Waals surface area contributed by atoms with Crippen molar-refractivity contribution in [3.63, 3.8) is 0 Å². The molecule has 0 saturated carbocycles. The first-order valence-electron chi connectivity index (χ1n) is 5.81. The first kappa shape index (κ1) is 16.7. The maximum Gasteiger partial charge on any atom is 0.236 e. The Bertz CT molecular complexity index is 194. The highest BCUT2D eigenvalue weighted by Gasteiger charge is 2.11. The zero-order chi connectivity index (χ0) is 12.9. The molecule has 0 heterocycles. The van der Waals surface area contributed by atoms with Crippen LogP contribution in [-0.2, 0) is 14.3 Å². The number of rotatable bonds is 11. The van der Waals surface area contributed by atoms with Gasteiger partial charge in [-0.2, -0.15) is 11.8 Å². The van der Waals surface area contributed by atoms with Crippen LogP contribution >= 0.6 is 11.8 Å². The van der Waals surface area contributed by atoms with E-state index in [0.29, 0.717) is 26.4 Å². The van der Waals surface area contributed by atoms with Gasteiger partial charge < -0.3 is 20.5 Å². The van der Waals surface area contributed by atoms with Gasteiger partial charge in [-0.1, -0.05) is 0 Å². The number of ether oxygens (including phenoxy) is 2. The van der Waals surface area contributed by atoms with Crippen LogP contribution in [0.3, 0.4) is 0 Å². The monoisotopic (exact) mass is 264 g/mol. The summed E-state index contributed by atoms with van der Waals surface area (Å²) in [5.74, 6) is 0.838. The maximum atomic E-state index is 11.5. The van der Waals surface area contributed by atoms with E-state index in [1.54, 1.807) is 18.9 Å². The predicted octanol–water partition coefficient (Wildman–Crippen LogP) is 0.236. The topological polar surface area (TPSA) is 73.6 Å². The molecule has 5 nitrogen and oxygen atoms in total. The molecule has 0 aromatic heterocycles. The highest BCUT2D eigenvalue weighted by Crippen LogP contribution is 1.98. The van der Waals surface area contributed by atoms with Crippen molar-refractivity contribution in [1.82, 2.24) is 5.32 Å². The molecule has 0 aliphatic carbocycles. The number of carbonyl (C=O) groups excluding carboxylic acids is 1. The van der Waals surface area contributed by atoms with Crippen molar-refractivity contribution >= 4 is 17.7 Å². The van der Waals surface area contributed by atoms with E-state index < -0.39 is 6.04 Å². The van der Waals surface area contributed by atoms with Gasteiger partial charge in [-0.15, -0.1) is 0 Å². The third kappa shape index (κ3) is 10.6. The number of thioether (sulfide) groups is 1. The van der Waals surface area contributed by atoms with E-state index in [4.69, 9.17) is 15.2 Å². The average molecular weight is 264 g/mol. The molecule has 102 valence electrons. The fraction of sp³-hybridized carbons (Fsp3) is 0.909. The fourth-order valence-corrected chi connectivity index (χ4v) is 1.63. The minimum Gasteiger partial charge on any atom is -0.382 e. The Morgan fingerprint density at radius 3 is 2.82 bits per heavy atom. The Labute approximate surface area is 108 Å². The maximum absolute atomic E-state index is 11.5. The van der Waals surface area contributed by atoms with Crippen LogP contribution in [-0.4, -0.2) is 57.4 Å². The van der Waals surface area contributed by atoms with Crippen LogP contribution in [0.1, 0.15) is 12.8 Å². The minimum atomic E-state index is -0.392. The van der Waals surface area contributed by atoms with Crippen LogP contribution in [0.5, 0.6) is 0 Å². The van der Waals surface area contributed by atoms with Gasteiger partial charge in [0.05, 0.1) is 19.3 Å². The van der Waals surface area contributed by atoms with Crippen molar-refractivity contribution < 1.29 is 14.3 Å². The smallest absolute Gasteiger partial charge is 0.236 e. The van der Waals surface area contributed by atoms with Crippen LogP contribution in [0.15, 0.2) is 0 Å². The predicted molar refractivity (Wildman–Crippen MR) is 71.3 cm³/mol. The average Bonchev–Trinajstić information content (AvgIpc) is 2.34. The first-order chi connectivity index (χ1) is 8.22. The van der Waals surface area contributed by atoms with Gasteiger partial charge >= 0.3 is 0 Å². The van der Waals surface area contributed by atoms with Gasteiger partial charge in [0.15, 0.2) is 0 Å². The van der Waals surface area contributed by atoms with Gasteiger partial charge in [0.25, 0.3) is 0 Å². The lowest BCUT2D eigenvalue weighted by atomic mass is 10.2. The zero-order valence-corrected chi connectivity index (χ0v) is 11.6. The van der Waals surface area contributed by atoms with Crippen LogP contribution < -0.4 is 11.1 Å². The van der Waals surface area contributed by atoms with Crippen molar-refractivity contribution in [3.8, 4) is 0 Å². The minimum absolute atomic E-state index is 0.0732. The Kier molecular flexibility index (Phi) is 12.0. The second-order valence-corrected chi connectivity index (χ2v) is 4.62. The SMILES string of the molecule is COCCOCCCNC(=O)[C@H](N)CCSC. The molecule has 0 saturated heterocycles. The van der Waals surface area contributed by atoms with Crippen molar-refractivity contribution in [2.45, 2.75) is 18.9 Å². The van der Waals surface area contributed by atoms with E-state index in [2.05, 4.69) is 5.32 Å². The highest BCUT2D eigenvalue weighted by molar-refractivity contribution is 7.98. The molecule has 0 fully saturated rings. The summed E-state index contributed by atoms with van der Waals surface area (Å²) in [6, 6.07) is -0.392. The second kappa shape index (κ2) is 12.2. The van der Waals surface area contributed by atoms with E-state index in [9.17, 15) is 4.79 Å². The molecule has 17 heavy (non-hydrogen) atoms. The Hall–Kier alpha value is -0.300. The van der Waals surface area contributed by atoms with E-state index in [1.807, 2.05) is 6.26 Å². The number of nitrogens with one attached hydrogen (secondary N) is 1. The number of hydrogen-bond acceptors (Lipinski definition) is 5. The quantitative estimate of drug-likeness (QED) is 0.523. The lowest BCUT2D eigenvalue weighted by molar-refractivity contribution is -0.122. The summed E-state index contributed by atoms with van der Waals surface area (Å²) in [5, 5.41) is 2.80. The fourth-order valence-electron chi connectivity index (χ4n) is 1.14. The van der Waals surface area contributed by atoms with Gasteiger partial charge in [0, 0.05) is 20.3 Å². The molecule has 1 amide bonds. The highest BCUT2D eigenvalue weighted by atomic mass is 32.2. The van der Waals surface area contributed by atoms with Crippen LogP contribution in [0.2, 0.25) is 0 Å². The number of hydrogen-bond donors (Lipinski definition) is 2. The van der Waals surface area contributed by atoms with Gasteiger partial charge in [-0.3, -0.25) is 4.79 Å². The van der Waals surface area contributed by atoms with Gasteiger partial charge in [0.1, 0.15) is 0 Å². The number of carbonyl (C=O) groups is 1. The Balaban J connectivity index is 3.32. The van der Waals surface area contributed by atoms with Crippen LogP contribution in [0, 0.1) is 0 Å². The molecule has 0 aliphatic heterocycles. The molecular formula is C11H24N2O3S. The summed E-state index contributed by atoms with van der Waals surface area (Å²) in [5.41, 5.74) is 5.71. The first-order valence-corrected chi connectivity index (χ1v) is 7.20. The van der Waals surface area contributed by atoms with E-state index in [1.165, 1.54) is 0 Å². The lowest BCUT2D eigenvalue weighted by Crippen LogP contribution is -2.41. The van der Waals surface area contributed by atoms with Crippen molar-refractivity contribution in [2.24, 2.45) is 5.73 Å². The molecule has 3 N–H and O–H groups in total. The molecule has 0 rings (SSSR count). The van der Waals surface area contributed by atoms with Crippen molar-refractivity contribution in [1.29, 1.82) is 0 Å². The standard InChI is InChI=1S/C11H24N2O3S/c1-15-7-8-16-6-3-5-13-11(14)10(12)4-9-17-2/h10H,3-9,12H2,1-2H3,(H,13,14)/t10-/m1/s1. The molecule has 0 aromatic rings. The lowest BCUT2D eigenvalue weighted by Gasteiger charge is -2.11. The second-order valence-electron chi connectivity index (χ2n) is 3.64. The van der Waals surface area contributed by atoms with E-state index in [-0.39, 0.29) is 5.91 Å². The molecule has 6 heteroatoms. The van der Waals surface area contributed by atoms with Gasteiger partial charge in [-0.25, -0.2) is 0 Å². The molecular weight excluding hydrogens is 240 g/mol.